The molecule has 0 amide bonds. The van der Waals surface area contributed by atoms with Crippen LogP contribution in [0.25, 0.3) is 0 Å². The predicted octanol–water partition coefficient (Wildman–Crippen LogP) is 4.09. The molecule has 0 aromatic heterocycles. The lowest BCUT2D eigenvalue weighted by molar-refractivity contribution is -0.0413. The van der Waals surface area contributed by atoms with E-state index < -0.39 is 17.8 Å². The number of rotatable bonds is 3. The molecule has 32 heavy (non-hydrogen) atoms. The summed E-state index contributed by atoms with van der Waals surface area (Å²) in [7, 11) is 0. The highest BCUT2D eigenvalue weighted by Gasteiger charge is 2.38. The minimum Gasteiger partial charge on any atom is -0.507 e. The molecule has 0 saturated carbocycles. The van der Waals surface area contributed by atoms with Crippen LogP contribution in [0, 0.1) is 0 Å². The van der Waals surface area contributed by atoms with Crippen molar-refractivity contribution in [1.82, 2.24) is 0 Å². The number of carbonyl (C=O) groups is 1. The second-order valence-corrected chi connectivity index (χ2v) is 9.26. The van der Waals surface area contributed by atoms with Gasteiger partial charge in [-0.1, -0.05) is 11.6 Å². The molecule has 7 heteroatoms. The molecule has 0 bridgehead atoms. The summed E-state index contributed by atoms with van der Waals surface area (Å²) < 4.78 is 11.8. The Morgan fingerprint density at radius 3 is 2.47 bits per heavy atom. The summed E-state index contributed by atoms with van der Waals surface area (Å²) in [5, 5.41) is 42.1. The lowest BCUT2D eigenvalue weighted by Crippen LogP contribution is -2.46. The second kappa shape index (κ2) is 7.74. The van der Waals surface area contributed by atoms with Gasteiger partial charge < -0.3 is 29.9 Å². The van der Waals surface area contributed by atoms with E-state index in [-0.39, 0.29) is 52.7 Å². The molecule has 2 aliphatic heterocycles. The SMILES string of the molecule is CC(C)=CCc1c(O)cc2c(c1O)C(=O)CC(c1cc3c(cc1O)OC(C)(C)C(O)C3)O2. The largest absolute Gasteiger partial charge is 0.507 e. The normalized spacial score (nSPS) is 21.1. The molecule has 0 saturated heterocycles. The molecule has 0 fully saturated rings. The summed E-state index contributed by atoms with van der Waals surface area (Å²) in [5.41, 5.74) is 1.62. The zero-order valence-corrected chi connectivity index (χ0v) is 18.6. The summed E-state index contributed by atoms with van der Waals surface area (Å²) in [6, 6.07) is 4.48. The van der Waals surface area contributed by atoms with Gasteiger partial charge in [0.25, 0.3) is 0 Å². The monoisotopic (exact) mass is 440 g/mol. The Balaban J connectivity index is 1.70. The number of benzene rings is 2. The van der Waals surface area contributed by atoms with Gasteiger partial charge in [-0.05, 0) is 45.7 Å². The Hall–Kier alpha value is -3.19. The molecule has 4 N–H and O–H groups in total. The van der Waals surface area contributed by atoms with Crippen molar-refractivity contribution >= 4 is 5.78 Å². The van der Waals surface area contributed by atoms with Crippen molar-refractivity contribution in [2.75, 3.05) is 0 Å². The van der Waals surface area contributed by atoms with Gasteiger partial charge in [-0.3, -0.25) is 4.79 Å². The van der Waals surface area contributed by atoms with Gasteiger partial charge in [-0.2, -0.15) is 0 Å². The Bertz CT molecular complexity index is 1130. The van der Waals surface area contributed by atoms with E-state index in [0.29, 0.717) is 23.3 Å². The van der Waals surface area contributed by atoms with Crippen LogP contribution < -0.4 is 9.47 Å². The number of hydrogen-bond donors (Lipinski definition) is 4. The lowest BCUT2D eigenvalue weighted by Gasteiger charge is -2.37. The van der Waals surface area contributed by atoms with Crippen LogP contribution >= 0.6 is 0 Å². The fourth-order valence-electron chi connectivity index (χ4n) is 4.13. The zero-order chi connectivity index (χ0) is 23.4. The van der Waals surface area contributed by atoms with Crippen LogP contribution in [0.2, 0.25) is 0 Å². The van der Waals surface area contributed by atoms with E-state index in [1.54, 1.807) is 19.9 Å². The molecular weight excluding hydrogens is 412 g/mol. The Morgan fingerprint density at radius 2 is 1.78 bits per heavy atom. The Morgan fingerprint density at radius 1 is 1.09 bits per heavy atom. The first-order valence-corrected chi connectivity index (χ1v) is 10.6. The van der Waals surface area contributed by atoms with Crippen molar-refractivity contribution in [2.24, 2.45) is 0 Å². The van der Waals surface area contributed by atoms with Gasteiger partial charge in [0.2, 0.25) is 0 Å². The van der Waals surface area contributed by atoms with Crippen molar-refractivity contribution in [2.45, 2.75) is 64.8 Å². The maximum Gasteiger partial charge on any atom is 0.174 e. The molecule has 2 aromatic carbocycles. The van der Waals surface area contributed by atoms with Crippen molar-refractivity contribution in [3.8, 4) is 28.7 Å². The van der Waals surface area contributed by atoms with Crippen LogP contribution in [0.15, 0.2) is 29.8 Å². The van der Waals surface area contributed by atoms with Crippen molar-refractivity contribution < 1.29 is 34.7 Å². The molecule has 0 radical (unpaired) electrons. The summed E-state index contributed by atoms with van der Waals surface area (Å²) in [5.74, 6) is -0.345. The quantitative estimate of drug-likeness (QED) is 0.531. The standard InChI is InChI=1S/C25H28O7/c1-12(2)5-6-14-16(26)10-21-23(24(14)30)18(28)11-20(31-21)15-7-13-8-22(29)25(3,4)32-19(13)9-17(15)27/h5,7,9-10,20,22,26-27,29-30H,6,8,11H2,1-4H3. The second-order valence-electron chi connectivity index (χ2n) is 9.26. The van der Waals surface area contributed by atoms with E-state index >= 15 is 0 Å². The molecule has 2 heterocycles. The third kappa shape index (κ3) is 3.77. The number of hydrogen-bond acceptors (Lipinski definition) is 7. The van der Waals surface area contributed by atoms with E-state index in [2.05, 4.69) is 0 Å². The fourth-order valence-corrected chi connectivity index (χ4v) is 4.13. The number of Topliss-reactive ketones (excluding diaryl/α,β-unsaturated/α-hetero) is 1. The number of phenols is 3. The molecule has 2 unspecified atom stereocenters. The number of ether oxygens (including phenoxy) is 2. The average molecular weight is 440 g/mol. The lowest BCUT2D eigenvalue weighted by atomic mass is 9.88. The third-order valence-electron chi connectivity index (χ3n) is 6.12. The summed E-state index contributed by atoms with van der Waals surface area (Å²) in [6.45, 7) is 7.36. The smallest absolute Gasteiger partial charge is 0.174 e. The number of allylic oxidation sites excluding steroid dienone is 2. The minimum absolute atomic E-state index is 0.0363. The van der Waals surface area contributed by atoms with Crippen LogP contribution in [0.1, 0.15) is 67.3 Å². The van der Waals surface area contributed by atoms with Gasteiger partial charge in [0.1, 0.15) is 46.0 Å². The number of aromatic hydroxyl groups is 3. The summed E-state index contributed by atoms with van der Waals surface area (Å²) in [4.78, 5) is 12.9. The fraction of sp³-hybridized carbons (Fsp3) is 0.400. The van der Waals surface area contributed by atoms with Gasteiger partial charge in [0, 0.05) is 29.7 Å². The van der Waals surface area contributed by atoms with E-state index in [0.717, 1.165) is 5.57 Å². The van der Waals surface area contributed by atoms with Gasteiger partial charge >= 0.3 is 0 Å². The summed E-state index contributed by atoms with van der Waals surface area (Å²) >= 11 is 0. The van der Waals surface area contributed by atoms with Crippen LogP contribution in [0.5, 0.6) is 28.7 Å². The van der Waals surface area contributed by atoms with Gasteiger partial charge in [0.05, 0.1) is 12.5 Å². The molecule has 2 atom stereocenters. The molecule has 7 nitrogen and oxygen atoms in total. The minimum atomic E-state index is -0.810. The number of fused-ring (bicyclic) bond motifs is 2. The molecule has 2 aromatic rings. The summed E-state index contributed by atoms with van der Waals surface area (Å²) in [6.07, 6.45) is 0.844. The highest BCUT2D eigenvalue weighted by atomic mass is 16.5. The number of phenolic OH excluding ortho intramolecular Hbond substituents is 3. The molecular formula is C25H28O7. The first-order chi connectivity index (χ1) is 15.0. The molecule has 170 valence electrons. The highest BCUT2D eigenvalue weighted by molar-refractivity contribution is 6.03. The zero-order valence-electron chi connectivity index (χ0n) is 18.6. The number of aliphatic hydroxyl groups is 1. The van der Waals surface area contributed by atoms with Crippen molar-refractivity contribution in [3.05, 3.63) is 52.1 Å². The first-order valence-electron chi connectivity index (χ1n) is 10.6. The third-order valence-corrected chi connectivity index (χ3v) is 6.12. The number of aliphatic hydroxyl groups excluding tert-OH is 1. The Labute approximate surface area is 186 Å². The predicted molar refractivity (Wildman–Crippen MR) is 118 cm³/mol. The van der Waals surface area contributed by atoms with E-state index in [1.807, 2.05) is 19.9 Å². The molecule has 2 aliphatic rings. The molecule has 4 rings (SSSR count). The average Bonchev–Trinajstić information content (AvgIpc) is 2.67. The van der Waals surface area contributed by atoms with Crippen molar-refractivity contribution in [1.29, 1.82) is 0 Å². The maximum absolute atomic E-state index is 12.9. The highest BCUT2D eigenvalue weighted by Crippen LogP contribution is 2.47. The van der Waals surface area contributed by atoms with Crippen molar-refractivity contribution in [3.63, 3.8) is 0 Å². The van der Waals surface area contributed by atoms with Crippen LogP contribution in [-0.2, 0) is 12.8 Å². The van der Waals surface area contributed by atoms with Gasteiger partial charge in [0.15, 0.2) is 5.78 Å². The first kappa shape index (κ1) is 22.0. The van der Waals surface area contributed by atoms with Crippen LogP contribution in [-0.4, -0.2) is 37.9 Å². The topological polar surface area (TPSA) is 116 Å². The van der Waals surface area contributed by atoms with E-state index in [1.165, 1.54) is 12.1 Å². The van der Waals surface area contributed by atoms with Gasteiger partial charge in [-0.25, -0.2) is 0 Å². The Kier molecular flexibility index (Phi) is 5.33. The number of ketones is 1. The van der Waals surface area contributed by atoms with Gasteiger partial charge in [-0.15, -0.1) is 0 Å². The van der Waals surface area contributed by atoms with Crippen LogP contribution in [0.4, 0.5) is 0 Å². The number of carbonyl (C=O) groups excluding carboxylic acids is 1. The molecule has 0 aliphatic carbocycles. The van der Waals surface area contributed by atoms with E-state index in [4.69, 9.17) is 9.47 Å². The van der Waals surface area contributed by atoms with E-state index in [9.17, 15) is 25.2 Å². The van der Waals surface area contributed by atoms with Crippen LogP contribution in [0.3, 0.4) is 0 Å². The maximum atomic E-state index is 12.9. The molecule has 0 spiro atoms.